The summed E-state index contributed by atoms with van der Waals surface area (Å²) in [7, 11) is 0. The highest BCUT2D eigenvalue weighted by Gasteiger charge is 2.21. The molecule has 0 saturated carbocycles. The van der Waals surface area contributed by atoms with Gasteiger partial charge in [-0.2, -0.15) is 0 Å². The zero-order valence-corrected chi connectivity index (χ0v) is 11.0. The van der Waals surface area contributed by atoms with Gasteiger partial charge in [-0.1, -0.05) is 30.3 Å². The Balaban J connectivity index is 1.79. The molecule has 1 saturated heterocycles. The summed E-state index contributed by atoms with van der Waals surface area (Å²) >= 11 is 0. The van der Waals surface area contributed by atoms with Crippen molar-refractivity contribution in [2.45, 2.75) is 32.2 Å². The van der Waals surface area contributed by atoms with Crippen molar-refractivity contribution in [3.05, 3.63) is 35.9 Å². The molecule has 3 heteroatoms. The van der Waals surface area contributed by atoms with Crippen LogP contribution in [0, 0.1) is 5.92 Å². The topological polar surface area (TPSA) is 41.1 Å². The van der Waals surface area contributed by atoms with Crippen LogP contribution < -0.4 is 10.6 Å². The molecule has 0 radical (unpaired) electrons. The van der Waals surface area contributed by atoms with Crippen molar-refractivity contribution in [3.8, 4) is 0 Å². The Labute approximate surface area is 109 Å². The summed E-state index contributed by atoms with van der Waals surface area (Å²) in [5.41, 5.74) is 1.27. The van der Waals surface area contributed by atoms with Gasteiger partial charge in [0.2, 0.25) is 5.91 Å². The lowest BCUT2D eigenvalue weighted by molar-refractivity contribution is -0.126. The molecule has 18 heavy (non-hydrogen) atoms. The van der Waals surface area contributed by atoms with Crippen molar-refractivity contribution < 1.29 is 4.79 Å². The van der Waals surface area contributed by atoms with Crippen LogP contribution in [0.15, 0.2) is 30.3 Å². The average molecular weight is 246 g/mol. The molecule has 2 N–H and O–H groups in total. The zero-order chi connectivity index (χ0) is 12.8. The maximum Gasteiger partial charge on any atom is 0.224 e. The second-order valence-corrected chi connectivity index (χ2v) is 5.14. The summed E-state index contributed by atoms with van der Waals surface area (Å²) < 4.78 is 0. The quantitative estimate of drug-likeness (QED) is 0.849. The SMILES string of the molecule is CC(Cc1ccccc1)NC(=O)[C@H]1CCCNC1. The molecule has 0 aliphatic carbocycles. The molecule has 0 bridgehead atoms. The van der Waals surface area contributed by atoms with E-state index in [1.165, 1.54) is 5.56 Å². The van der Waals surface area contributed by atoms with Crippen molar-refractivity contribution >= 4 is 5.91 Å². The summed E-state index contributed by atoms with van der Waals surface area (Å²) in [6.45, 7) is 3.94. The highest BCUT2D eigenvalue weighted by molar-refractivity contribution is 5.79. The number of benzene rings is 1. The van der Waals surface area contributed by atoms with E-state index in [0.717, 1.165) is 32.4 Å². The minimum atomic E-state index is 0.150. The fourth-order valence-corrected chi connectivity index (χ4v) is 2.45. The predicted octanol–water partition coefficient (Wildman–Crippen LogP) is 1.73. The van der Waals surface area contributed by atoms with Crippen molar-refractivity contribution in [1.82, 2.24) is 10.6 Å². The molecule has 1 aliphatic heterocycles. The Hall–Kier alpha value is -1.35. The van der Waals surface area contributed by atoms with E-state index in [-0.39, 0.29) is 17.9 Å². The first-order valence-electron chi connectivity index (χ1n) is 6.80. The molecule has 1 aromatic carbocycles. The molecule has 2 rings (SSSR count). The van der Waals surface area contributed by atoms with Gasteiger partial charge in [0, 0.05) is 12.6 Å². The molecular formula is C15H22N2O. The first-order chi connectivity index (χ1) is 8.75. The summed E-state index contributed by atoms with van der Waals surface area (Å²) in [6.07, 6.45) is 3.01. The summed E-state index contributed by atoms with van der Waals surface area (Å²) in [4.78, 5) is 12.0. The van der Waals surface area contributed by atoms with Gasteiger partial charge in [0.15, 0.2) is 0 Å². The number of rotatable bonds is 4. The molecular weight excluding hydrogens is 224 g/mol. The number of nitrogens with one attached hydrogen (secondary N) is 2. The van der Waals surface area contributed by atoms with Gasteiger partial charge in [-0.25, -0.2) is 0 Å². The van der Waals surface area contributed by atoms with Crippen LogP contribution in [0.1, 0.15) is 25.3 Å². The standard InChI is InChI=1S/C15H22N2O/c1-12(10-13-6-3-2-4-7-13)17-15(18)14-8-5-9-16-11-14/h2-4,6-7,12,14,16H,5,8-11H2,1H3,(H,17,18)/t12?,14-/m0/s1. The van der Waals surface area contributed by atoms with Crippen LogP contribution in [0.3, 0.4) is 0 Å². The van der Waals surface area contributed by atoms with E-state index in [2.05, 4.69) is 29.7 Å². The molecule has 3 nitrogen and oxygen atoms in total. The maximum atomic E-state index is 12.0. The number of hydrogen-bond acceptors (Lipinski definition) is 2. The lowest BCUT2D eigenvalue weighted by atomic mass is 9.98. The number of amides is 1. The third kappa shape index (κ3) is 3.84. The fourth-order valence-electron chi connectivity index (χ4n) is 2.45. The van der Waals surface area contributed by atoms with Crippen LogP contribution >= 0.6 is 0 Å². The van der Waals surface area contributed by atoms with Gasteiger partial charge >= 0.3 is 0 Å². The Morgan fingerprint density at radius 2 is 2.22 bits per heavy atom. The van der Waals surface area contributed by atoms with Gasteiger partial charge in [-0.05, 0) is 38.3 Å². The minimum Gasteiger partial charge on any atom is -0.353 e. The third-order valence-corrected chi connectivity index (χ3v) is 3.44. The van der Waals surface area contributed by atoms with E-state index in [1.54, 1.807) is 0 Å². The van der Waals surface area contributed by atoms with Gasteiger partial charge in [-0.3, -0.25) is 4.79 Å². The molecule has 0 spiro atoms. The highest BCUT2D eigenvalue weighted by Crippen LogP contribution is 2.10. The Morgan fingerprint density at radius 3 is 2.89 bits per heavy atom. The second-order valence-electron chi connectivity index (χ2n) is 5.14. The molecule has 0 aromatic heterocycles. The van der Waals surface area contributed by atoms with E-state index >= 15 is 0 Å². The molecule has 1 heterocycles. The van der Waals surface area contributed by atoms with Gasteiger partial charge in [0.05, 0.1) is 5.92 Å². The summed E-state index contributed by atoms with van der Waals surface area (Å²) in [5.74, 6) is 0.350. The van der Waals surface area contributed by atoms with Crippen molar-refractivity contribution in [2.75, 3.05) is 13.1 Å². The van der Waals surface area contributed by atoms with E-state index in [1.807, 2.05) is 18.2 Å². The second kappa shape index (κ2) is 6.55. The Bertz CT molecular complexity index is 371. The van der Waals surface area contributed by atoms with Gasteiger partial charge < -0.3 is 10.6 Å². The normalized spacial score (nSPS) is 21.3. The number of piperidine rings is 1. The summed E-state index contributed by atoms with van der Waals surface area (Å²) in [5, 5.41) is 6.40. The molecule has 98 valence electrons. The van der Waals surface area contributed by atoms with E-state index in [9.17, 15) is 4.79 Å². The van der Waals surface area contributed by atoms with E-state index < -0.39 is 0 Å². The van der Waals surface area contributed by atoms with Crippen LogP contribution in [0.25, 0.3) is 0 Å². The molecule has 1 fully saturated rings. The number of carbonyl (C=O) groups excluding carboxylic acids is 1. The first-order valence-corrected chi connectivity index (χ1v) is 6.80. The van der Waals surface area contributed by atoms with Crippen LogP contribution in [0.5, 0.6) is 0 Å². The minimum absolute atomic E-state index is 0.150. The molecule has 1 unspecified atom stereocenters. The van der Waals surface area contributed by atoms with Crippen molar-refractivity contribution in [1.29, 1.82) is 0 Å². The Kier molecular flexibility index (Phi) is 4.76. The highest BCUT2D eigenvalue weighted by atomic mass is 16.1. The smallest absolute Gasteiger partial charge is 0.224 e. The van der Waals surface area contributed by atoms with E-state index in [4.69, 9.17) is 0 Å². The molecule has 1 aromatic rings. The largest absolute Gasteiger partial charge is 0.353 e. The lowest BCUT2D eigenvalue weighted by Crippen LogP contribution is -2.44. The van der Waals surface area contributed by atoms with Crippen LogP contribution in [0.2, 0.25) is 0 Å². The first kappa shape index (κ1) is 13.1. The van der Waals surface area contributed by atoms with Gasteiger partial charge in [-0.15, -0.1) is 0 Å². The van der Waals surface area contributed by atoms with Crippen LogP contribution in [-0.2, 0) is 11.2 Å². The van der Waals surface area contributed by atoms with Gasteiger partial charge in [0.1, 0.15) is 0 Å². The van der Waals surface area contributed by atoms with Crippen LogP contribution in [0.4, 0.5) is 0 Å². The Morgan fingerprint density at radius 1 is 1.44 bits per heavy atom. The van der Waals surface area contributed by atoms with Crippen molar-refractivity contribution in [3.63, 3.8) is 0 Å². The fraction of sp³-hybridized carbons (Fsp3) is 0.533. The predicted molar refractivity (Wildman–Crippen MR) is 73.3 cm³/mol. The third-order valence-electron chi connectivity index (χ3n) is 3.44. The maximum absolute atomic E-state index is 12.0. The van der Waals surface area contributed by atoms with E-state index in [0.29, 0.717) is 0 Å². The average Bonchev–Trinajstić information content (AvgIpc) is 2.40. The molecule has 2 atom stereocenters. The lowest BCUT2D eigenvalue weighted by Gasteiger charge is -2.24. The number of hydrogen-bond donors (Lipinski definition) is 2. The van der Waals surface area contributed by atoms with Gasteiger partial charge in [0.25, 0.3) is 0 Å². The molecule has 1 amide bonds. The van der Waals surface area contributed by atoms with Crippen molar-refractivity contribution in [2.24, 2.45) is 5.92 Å². The number of carbonyl (C=O) groups is 1. The molecule has 1 aliphatic rings. The summed E-state index contributed by atoms with van der Waals surface area (Å²) in [6, 6.07) is 10.5. The zero-order valence-electron chi connectivity index (χ0n) is 11.0. The van der Waals surface area contributed by atoms with Crippen LogP contribution in [-0.4, -0.2) is 25.0 Å². The monoisotopic (exact) mass is 246 g/mol.